The van der Waals surface area contributed by atoms with Gasteiger partial charge in [0.05, 0.1) is 23.2 Å². The van der Waals surface area contributed by atoms with E-state index in [9.17, 15) is 31.4 Å². The van der Waals surface area contributed by atoms with Gasteiger partial charge in [-0.15, -0.1) is 6.58 Å². The van der Waals surface area contributed by atoms with Crippen molar-refractivity contribution in [2.24, 2.45) is 11.8 Å². The Morgan fingerprint density at radius 2 is 1.76 bits per heavy atom. The van der Waals surface area contributed by atoms with Crippen molar-refractivity contribution in [3.63, 3.8) is 0 Å². The molecule has 218 valence electrons. The van der Waals surface area contributed by atoms with Gasteiger partial charge in [-0.25, -0.2) is 0 Å². The smallest absolute Gasteiger partial charge is 0.382 e. The number of aliphatic hydroxyl groups is 1. The quantitative estimate of drug-likeness (QED) is 0.176. The molecule has 0 amide bonds. The lowest BCUT2D eigenvalue weighted by Gasteiger charge is -2.54. The summed E-state index contributed by atoms with van der Waals surface area (Å²) in [4.78, 5) is 6.61. The maximum absolute atomic E-state index is 13.3. The highest BCUT2D eigenvalue weighted by atomic mass is 32.1. The highest BCUT2D eigenvalue weighted by Crippen LogP contribution is 2.45. The zero-order valence-electron chi connectivity index (χ0n) is 21.8. The van der Waals surface area contributed by atoms with Gasteiger partial charge in [0.15, 0.2) is 5.11 Å². The normalized spacial score (nSPS) is 24.1. The summed E-state index contributed by atoms with van der Waals surface area (Å²) >= 11 is 5.29. The molecule has 0 radical (unpaired) electrons. The fourth-order valence-electron chi connectivity index (χ4n) is 6.12. The molecule has 2 aromatic carbocycles. The minimum atomic E-state index is -4.99. The van der Waals surface area contributed by atoms with E-state index in [2.05, 4.69) is 27.1 Å². The van der Waals surface area contributed by atoms with Crippen molar-refractivity contribution in [2.75, 3.05) is 25.0 Å². The summed E-state index contributed by atoms with van der Waals surface area (Å²) in [5.74, 6) is 0.607. The van der Waals surface area contributed by atoms with Gasteiger partial charge in [-0.05, 0) is 79.3 Å². The van der Waals surface area contributed by atoms with Crippen LogP contribution in [0.15, 0.2) is 67.4 Å². The molecule has 5 atom stereocenters. The number of thiocarbonyl (C=S) groups is 1. The highest BCUT2D eigenvalue weighted by Gasteiger charge is 2.50. The zero-order valence-corrected chi connectivity index (χ0v) is 22.6. The number of nitrogens with zero attached hydrogens (tertiary/aromatic N) is 2. The van der Waals surface area contributed by atoms with Crippen molar-refractivity contribution in [1.29, 1.82) is 0 Å². The molecule has 0 aliphatic carbocycles. The first-order valence-corrected chi connectivity index (χ1v) is 13.5. The van der Waals surface area contributed by atoms with Crippen LogP contribution in [0.2, 0.25) is 0 Å². The van der Waals surface area contributed by atoms with Crippen LogP contribution >= 0.6 is 12.2 Å². The van der Waals surface area contributed by atoms with Gasteiger partial charge < -0.3 is 15.7 Å². The lowest BCUT2D eigenvalue weighted by molar-refractivity contribution is -0.143. The molecule has 3 N–H and O–H groups in total. The fraction of sp³-hybridized carbons (Fsp3) is 0.379. The van der Waals surface area contributed by atoms with Crippen molar-refractivity contribution in [1.82, 2.24) is 15.2 Å². The fourth-order valence-corrected chi connectivity index (χ4v) is 6.31. The van der Waals surface area contributed by atoms with E-state index < -0.39 is 34.8 Å². The third-order valence-corrected chi connectivity index (χ3v) is 8.38. The summed E-state index contributed by atoms with van der Waals surface area (Å²) in [5.41, 5.74) is -3.64. The van der Waals surface area contributed by atoms with E-state index in [0.717, 1.165) is 24.9 Å². The number of fused-ring (bicyclic) bond motifs is 4. The number of aromatic nitrogens is 1. The number of halogens is 6. The van der Waals surface area contributed by atoms with E-state index >= 15 is 0 Å². The number of benzene rings is 2. The van der Waals surface area contributed by atoms with E-state index in [1.165, 1.54) is 0 Å². The Morgan fingerprint density at radius 3 is 2.37 bits per heavy atom. The van der Waals surface area contributed by atoms with Gasteiger partial charge >= 0.3 is 12.4 Å². The molecule has 1 unspecified atom stereocenters. The predicted molar refractivity (Wildman–Crippen MR) is 148 cm³/mol. The summed E-state index contributed by atoms with van der Waals surface area (Å²) in [7, 11) is 0. The average molecular weight is 595 g/mol. The third-order valence-electron chi connectivity index (χ3n) is 8.14. The minimum Gasteiger partial charge on any atom is -0.382 e. The largest absolute Gasteiger partial charge is 0.416 e. The van der Waals surface area contributed by atoms with Gasteiger partial charge in [-0.3, -0.25) is 9.88 Å². The van der Waals surface area contributed by atoms with Crippen molar-refractivity contribution in [3.05, 3.63) is 84.1 Å². The van der Waals surface area contributed by atoms with Crippen LogP contribution in [0.5, 0.6) is 0 Å². The SMILES string of the molecule is C=C[C@H]1CN2CC[C@H]1C[C@@H]2[C@@](O)(CNC(=S)Nc1cc(C(F)(F)F)cc(C(F)(F)F)c1)c1ccnc2ccccc12. The van der Waals surface area contributed by atoms with Crippen LogP contribution in [0.1, 0.15) is 29.5 Å². The van der Waals surface area contributed by atoms with E-state index in [0.29, 0.717) is 35.6 Å². The number of anilines is 1. The standard InChI is InChI=1S/C29H28F6N4OS/c1-2-17-15-39-10-8-18(17)11-25(39)27(40,23-7-9-36-24-6-4-3-5-22(23)24)16-37-26(41)38-21-13-19(28(30,31)32)12-20(14-21)29(33,34)35/h2-7,9,12-14,17-18,25,40H,1,8,10-11,15-16H2,(H2,37,38,41)/t17-,18-,25+,27+/m0/s1. The highest BCUT2D eigenvalue weighted by molar-refractivity contribution is 7.80. The molecule has 3 saturated heterocycles. The molecule has 3 fully saturated rings. The summed E-state index contributed by atoms with van der Waals surface area (Å²) < 4.78 is 80.0. The molecule has 12 heteroatoms. The second-order valence-electron chi connectivity index (χ2n) is 10.6. The van der Waals surface area contributed by atoms with Crippen LogP contribution in [0, 0.1) is 11.8 Å². The van der Waals surface area contributed by atoms with Crippen LogP contribution < -0.4 is 10.6 Å². The minimum absolute atomic E-state index is 0.0536. The van der Waals surface area contributed by atoms with Gasteiger partial charge in [0.25, 0.3) is 0 Å². The van der Waals surface area contributed by atoms with Crippen molar-refractivity contribution >= 4 is 33.9 Å². The summed E-state index contributed by atoms with van der Waals surface area (Å²) in [6.07, 6.45) is -4.81. The molecule has 4 heterocycles. The summed E-state index contributed by atoms with van der Waals surface area (Å²) in [6.45, 7) is 5.30. The Bertz CT molecular complexity index is 1420. The Balaban J connectivity index is 1.45. The first-order chi connectivity index (χ1) is 19.3. The van der Waals surface area contributed by atoms with E-state index in [1.807, 2.05) is 30.3 Å². The van der Waals surface area contributed by atoms with Gasteiger partial charge in [0.2, 0.25) is 0 Å². The van der Waals surface area contributed by atoms with E-state index in [-0.39, 0.29) is 29.7 Å². The van der Waals surface area contributed by atoms with E-state index in [4.69, 9.17) is 12.2 Å². The van der Waals surface area contributed by atoms with Crippen LogP contribution in [0.3, 0.4) is 0 Å². The lowest BCUT2D eigenvalue weighted by atomic mass is 9.69. The molecule has 3 aliphatic heterocycles. The molecule has 6 rings (SSSR count). The second kappa shape index (κ2) is 10.9. The summed E-state index contributed by atoms with van der Waals surface area (Å²) in [5, 5.41) is 18.3. The maximum atomic E-state index is 13.3. The van der Waals surface area contributed by atoms with Crippen molar-refractivity contribution in [2.45, 2.75) is 36.8 Å². The Hall–Kier alpha value is -3.22. The molecular formula is C29H28F6N4OS. The number of hydrogen-bond acceptors (Lipinski definition) is 4. The molecule has 1 aromatic heterocycles. The van der Waals surface area contributed by atoms with E-state index in [1.54, 1.807) is 12.3 Å². The molecule has 5 nitrogen and oxygen atoms in total. The number of nitrogens with one attached hydrogen (secondary N) is 2. The zero-order chi connectivity index (χ0) is 29.6. The number of rotatable bonds is 6. The van der Waals surface area contributed by atoms with Crippen LogP contribution in [-0.4, -0.2) is 45.8 Å². The molecule has 0 saturated carbocycles. The van der Waals surface area contributed by atoms with Gasteiger partial charge in [-0.2, -0.15) is 26.3 Å². The molecule has 3 aromatic rings. The topological polar surface area (TPSA) is 60.4 Å². The predicted octanol–water partition coefficient (Wildman–Crippen LogP) is 6.34. The second-order valence-corrected chi connectivity index (χ2v) is 11.0. The molecule has 0 spiro atoms. The number of pyridine rings is 1. The number of hydrogen-bond donors (Lipinski definition) is 3. The van der Waals surface area contributed by atoms with Gasteiger partial charge in [0.1, 0.15) is 5.60 Å². The molecular weight excluding hydrogens is 566 g/mol. The van der Waals surface area contributed by atoms with Crippen LogP contribution in [0.25, 0.3) is 10.9 Å². The van der Waals surface area contributed by atoms with Gasteiger partial charge in [0, 0.05) is 29.9 Å². The lowest BCUT2D eigenvalue weighted by Crippen LogP contribution is -2.63. The molecule has 2 bridgehead atoms. The maximum Gasteiger partial charge on any atom is 0.416 e. The Morgan fingerprint density at radius 1 is 1.07 bits per heavy atom. The third kappa shape index (κ3) is 5.91. The summed E-state index contributed by atoms with van der Waals surface area (Å²) in [6, 6.07) is 9.93. The number of para-hydroxylation sites is 1. The number of alkyl halides is 6. The Labute approximate surface area is 238 Å². The number of piperidine rings is 3. The molecule has 3 aliphatic rings. The Kier molecular flexibility index (Phi) is 7.77. The van der Waals surface area contributed by atoms with Gasteiger partial charge in [-0.1, -0.05) is 24.3 Å². The van der Waals surface area contributed by atoms with Crippen LogP contribution in [-0.2, 0) is 18.0 Å². The first kappa shape index (κ1) is 29.3. The average Bonchev–Trinajstić information content (AvgIpc) is 2.94. The molecule has 41 heavy (non-hydrogen) atoms. The monoisotopic (exact) mass is 594 g/mol. The van der Waals surface area contributed by atoms with Crippen molar-refractivity contribution in [3.8, 4) is 0 Å². The van der Waals surface area contributed by atoms with Crippen molar-refractivity contribution < 1.29 is 31.4 Å². The first-order valence-electron chi connectivity index (χ1n) is 13.1. The van der Waals surface area contributed by atoms with Crippen LogP contribution in [0.4, 0.5) is 32.0 Å².